The molecule has 0 aliphatic heterocycles. The highest BCUT2D eigenvalue weighted by Gasteiger charge is 2.09. The van der Waals surface area contributed by atoms with E-state index in [0.29, 0.717) is 0 Å². The van der Waals surface area contributed by atoms with Gasteiger partial charge >= 0.3 is 0 Å². The Hall–Kier alpha value is -0.410. The van der Waals surface area contributed by atoms with Crippen LogP contribution in [-0.4, -0.2) is 28.7 Å². The number of carbonyl (C=O) groups excluding carboxylic acids is 1. The van der Waals surface area contributed by atoms with Gasteiger partial charge < -0.3 is 10.2 Å². The summed E-state index contributed by atoms with van der Waals surface area (Å²) in [7, 11) is 0. The fraction of sp³-hybridized carbons (Fsp3) is 0.600. The zero-order valence-corrected chi connectivity index (χ0v) is 4.50. The Morgan fingerprint density at radius 3 is 2.38 bits per heavy atom. The molecule has 0 fully saturated rings. The molecule has 8 heavy (non-hydrogen) atoms. The van der Waals surface area contributed by atoms with E-state index in [4.69, 9.17) is 10.2 Å². The number of ketones is 1. The van der Waals surface area contributed by atoms with Gasteiger partial charge in [0, 0.05) is 0 Å². The zero-order valence-electron chi connectivity index (χ0n) is 4.50. The fourth-order valence-corrected chi connectivity index (χ4v) is 0.266. The second-order valence-corrected chi connectivity index (χ2v) is 1.43. The number of aliphatic hydroxyl groups is 2. The summed E-state index contributed by atoms with van der Waals surface area (Å²) in [6.07, 6.45) is -0.959. The van der Waals surface area contributed by atoms with Crippen LogP contribution in [0.5, 0.6) is 0 Å². The topological polar surface area (TPSA) is 57.5 Å². The van der Waals surface area contributed by atoms with Gasteiger partial charge in [0.1, 0.15) is 12.7 Å². The summed E-state index contributed by atoms with van der Waals surface area (Å²) in [5.74, 6) is -0.569. The van der Waals surface area contributed by atoms with Crippen LogP contribution in [-0.2, 0) is 4.79 Å². The lowest BCUT2D eigenvalue weighted by atomic mass is 10.2. The molecule has 0 aromatic rings. The largest absolute Gasteiger partial charge is 0.388 e. The number of Topliss-reactive ketones (excluding diaryl/α,β-unsaturated/α-hetero) is 1. The van der Waals surface area contributed by atoms with Crippen LogP contribution in [0.3, 0.4) is 0 Å². The van der Waals surface area contributed by atoms with Crippen LogP contribution in [0.1, 0.15) is 6.42 Å². The lowest BCUT2D eigenvalue weighted by molar-refractivity contribution is -0.129. The first-order chi connectivity index (χ1) is 3.72. The molecule has 3 heteroatoms. The van der Waals surface area contributed by atoms with E-state index in [2.05, 4.69) is 6.92 Å². The summed E-state index contributed by atoms with van der Waals surface area (Å²) in [6, 6.07) is 0. The van der Waals surface area contributed by atoms with Crippen molar-refractivity contribution in [2.24, 2.45) is 0 Å². The minimum Gasteiger partial charge on any atom is -0.388 e. The summed E-state index contributed by atoms with van der Waals surface area (Å²) in [4.78, 5) is 10.2. The Balaban J connectivity index is 3.46. The van der Waals surface area contributed by atoms with Crippen molar-refractivity contribution in [3.63, 3.8) is 0 Å². The Labute approximate surface area is 47.9 Å². The maximum absolute atomic E-state index is 10.2. The van der Waals surface area contributed by atoms with Gasteiger partial charge in [0.05, 0.1) is 0 Å². The van der Waals surface area contributed by atoms with Crippen molar-refractivity contribution in [2.75, 3.05) is 6.61 Å². The Kier molecular flexibility index (Phi) is 3.39. The summed E-state index contributed by atoms with van der Waals surface area (Å²) < 4.78 is 0. The average molecular weight is 117 g/mol. The van der Waals surface area contributed by atoms with Crippen LogP contribution in [0.15, 0.2) is 0 Å². The normalized spacial score (nSPS) is 13.4. The third kappa shape index (κ3) is 2.04. The van der Waals surface area contributed by atoms with E-state index >= 15 is 0 Å². The highest BCUT2D eigenvalue weighted by Crippen LogP contribution is 1.88. The molecule has 0 saturated heterocycles. The Morgan fingerprint density at radius 1 is 1.75 bits per heavy atom. The van der Waals surface area contributed by atoms with Gasteiger partial charge in [-0.2, -0.15) is 0 Å². The summed E-state index contributed by atoms with van der Waals surface area (Å²) in [5, 5.41) is 16.7. The molecule has 0 aromatic carbocycles. The third-order valence-electron chi connectivity index (χ3n) is 0.801. The average Bonchev–Trinajstić information content (AvgIpc) is 1.84. The molecule has 1 unspecified atom stereocenters. The minimum atomic E-state index is -1.08. The molecule has 1 atom stereocenters. The molecule has 47 valence electrons. The minimum absolute atomic E-state index is 0.124. The lowest BCUT2D eigenvalue weighted by Gasteiger charge is -2.00. The highest BCUT2D eigenvalue weighted by atomic mass is 16.3. The maximum atomic E-state index is 10.2. The van der Waals surface area contributed by atoms with Crippen LogP contribution in [0, 0.1) is 6.92 Å². The number of hydrogen-bond donors (Lipinski definition) is 2. The predicted octanol–water partition coefficient (Wildman–Crippen LogP) is -0.867. The van der Waals surface area contributed by atoms with Crippen molar-refractivity contribution in [1.82, 2.24) is 0 Å². The molecule has 0 aromatic heterocycles. The second kappa shape index (κ2) is 3.57. The van der Waals surface area contributed by atoms with Crippen LogP contribution < -0.4 is 0 Å². The smallest absolute Gasteiger partial charge is 0.186 e. The summed E-state index contributed by atoms with van der Waals surface area (Å²) in [5.41, 5.74) is 0. The molecule has 2 N–H and O–H groups in total. The maximum Gasteiger partial charge on any atom is 0.186 e. The molecule has 0 bridgehead atoms. The third-order valence-corrected chi connectivity index (χ3v) is 0.801. The van der Waals surface area contributed by atoms with Crippen LogP contribution >= 0.6 is 0 Å². The van der Waals surface area contributed by atoms with Gasteiger partial charge in [0.2, 0.25) is 0 Å². The molecule has 3 nitrogen and oxygen atoms in total. The van der Waals surface area contributed by atoms with Gasteiger partial charge in [-0.05, 0) is 6.42 Å². The number of aliphatic hydroxyl groups excluding tert-OH is 2. The van der Waals surface area contributed by atoms with Crippen molar-refractivity contribution in [1.29, 1.82) is 0 Å². The first kappa shape index (κ1) is 7.59. The Bertz CT molecular complexity index is 79.7. The molecule has 0 aliphatic carbocycles. The van der Waals surface area contributed by atoms with Crippen LogP contribution in [0.2, 0.25) is 0 Å². The first-order valence-electron chi connectivity index (χ1n) is 2.33. The van der Waals surface area contributed by atoms with E-state index in [-0.39, 0.29) is 6.42 Å². The molecular formula is C5H9O3. The molecule has 0 amide bonds. The van der Waals surface area contributed by atoms with Gasteiger partial charge in [-0.25, -0.2) is 0 Å². The summed E-state index contributed by atoms with van der Waals surface area (Å²) >= 11 is 0. The molecule has 0 spiro atoms. The van der Waals surface area contributed by atoms with Crippen molar-refractivity contribution >= 4 is 5.78 Å². The van der Waals surface area contributed by atoms with E-state index in [9.17, 15) is 4.79 Å². The van der Waals surface area contributed by atoms with E-state index in [1.807, 2.05) is 0 Å². The second-order valence-electron chi connectivity index (χ2n) is 1.43. The van der Waals surface area contributed by atoms with Crippen LogP contribution in [0.4, 0.5) is 0 Å². The quantitative estimate of drug-likeness (QED) is 0.505. The van der Waals surface area contributed by atoms with E-state index < -0.39 is 18.5 Å². The number of rotatable bonds is 3. The lowest BCUT2D eigenvalue weighted by Crippen LogP contribution is -2.22. The summed E-state index contributed by atoms with van der Waals surface area (Å²) in [6.45, 7) is 2.67. The SMILES string of the molecule is [CH2]CC(O)C(=O)CO. The van der Waals surface area contributed by atoms with Crippen molar-refractivity contribution in [3.05, 3.63) is 6.92 Å². The first-order valence-corrected chi connectivity index (χ1v) is 2.33. The van der Waals surface area contributed by atoms with E-state index in [0.717, 1.165) is 0 Å². The van der Waals surface area contributed by atoms with Gasteiger partial charge in [-0.3, -0.25) is 4.79 Å². The van der Waals surface area contributed by atoms with Gasteiger partial charge in [-0.15, -0.1) is 0 Å². The molecule has 0 rings (SSSR count). The molecule has 0 saturated carbocycles. The van der Waals surface area contributed by atoms with Crippen molar-refractivity contribution in [2.45, 2.75) is 12.5 Å². The van der Waals surface area contributed by atoms with Gasteiger partial charge in [0.15, 0.2) is 5.78 Å². The van der Waals surface area contributed by atoms with E-state index in [1.54, 1.807) is 0 Å². The van der Waals surface area contributed by atoms with Crippen molar-refractivity contribution < 1.29 is 15.0 Å². The fourth-order valence-electron chi connectivity index (χ4n) is 0.266. The molecule has 1 radical (unpaired) electrons. The predicted molar refractivity (Wildman–Crippen MR) is 28.1 cm³/mol. The van der Waals surface area contributed by atoms with Gasteiger partial charge in [-0.1, -0.05) is 6.92 Å². The molecule has 0 aliphatic rings. The van der Waals surface area contributed by atoms with Crippen LogP contribution in [0.25, 0.3) is 0 Å². The molecular weight excluding hydrogens is 108 g/mol. The number of hydrogen-bond acceptors (Lipinski definition) is 3. The van der Waals surface area contributed by atoms with Gasteiger partial charge in [0.25, 0.3) is 0 Å². The van der Waals surface area contributed by atoms with Crippen molar-refractivity contribution in [3.8, 4) is 0 Å². The Morgan fingerprint density at radius 2 is 2.25 bits per heavy atom. The molecule has 0 heterocycles. The number of carbonyl (C=O) groups is 1. The monoisotopic (exact) mass is 117 g/mol. The highest BCUT2D eigenvalue weighted by molar-refractivity contribution is 5.83. The zero-order chi connectivity index (χ0) is 6.57. The standard InChI is InChI=1S/C5H9O3/c1-2-4(7)5(8)3-6/h4,6-7H,1-3H2. The van der Waals surface area contributed by atoms with E-state index in [1.165, 1.54) is 0 Å².